The number of ether oxygens (including phenoxy) is 2. The Morgan fingerprint density at radius 2 is 1.84 bits per heavy atom. The quantitative estimate of drug-likeness (QED) is 0.864. The summed E-state index contributed by atoms with van der Waals surface area (Å²) in [6.07, 6.45) is 0. The topological polar surface area (TPSA) is 108 Å². The van der Waals surface area contributed by atoms with Gasteiger partial charge in [0.05, 0.1) is 14.2 Å². The lowest BCUT2D eigenvalue weighted by molar-refractivity contribution is 0.0665. The summed E-state index contributed by atoms with van der Waals surface area (Å²) in [5.74, 6) is -0.562. The molecule has 1 aromatic heterocycles. The van der Waals surface area contributed by atoms with Crippen LogP contribution in [0, 0.1) is 0 Å². The van der Waals surface area contributed by atoms with Gasteiger partial charge in [0, 0.05) is 11.6 Å². The molecule has 0 atom stereocenters. The highest BCUT2D eigenvalue weighted by atomic mass is 16.5. The number of carbonyl (C=O) groups is 1. The Morgan fingerprint density at radius 3 is 2.32 bits per heavy atom. The first kappa shape index (κ1) is 12.7. The van der Waals surface area contributed by atoms with E-state index in [0.29, 0.717) is 17.1 Å². The number of aromatic nitrogens is 1. The van der Waals surface area contributed by atoms with Crippen LogP contribution in [0.1, 0.15) is 10.6 Å². The van der Waals surface area contributed by atoms with Gasteiger partial charge < -0.3 is 24.7 Å². The number of hydrogen-bond acceptors (Lipinski definition) is 6. The molecule has 0 amide bonds. The number of oxazole rings is 1. The van der Waals surface area contributed by atoms with Gasteiger partial charge in [-0.1, -0.05) is 0 Å². The van der Waals surface area contributed by atoms with Gasteiger partial charge in [0.15, 0.2) is 0 Å². The molecule has 0 unspecified atom stereocenters. The maximum atomic E-state index is 11.1. The van der Waals surface area contributed by atoms with Gasteiger partial charge in [0.25, 0.3) is 6.01 Å². The van der Waals surface area contributed by atoms with Gasteiger partial charge in [-0.3, -0.25) is 0 Å². The lowest BCUT2D eigenvalue weighted by atomic mass is 10.1. The highest BCUT2D eigenvalue weighted by molar-refractivity contribution is 5.92. The van der Waals surface area contributed by atoms with Crippen molar-refractivity contribution in [3.8, 4) is 22.8 Å². The first-order chi connectivity index (χ1) is 9.05. The third kappa shape index (κ3) is 2.44. The molecule has 2 aromatic rings. The van der Waals surface area contributed by atoms with Gasteiger partial charge >= 0.3 is 5.97 Å². The van der Waals surface area contributed by atoms with E-state index in [2.05, 4.69) is 4.98 Å². The lowest BCUT2D eigenvalue weighted by Gasteiger charge is -2.06. The second-order valence-electron chi connectivity index (χ2n) is 3.64. The number of nitrogen functional groups attached to an aromatic ring is 1. The van der Waals surface area contributed by atoms with Crippen molar-refractivity contribution in [1.29, 1.82) is 0 Å². The normalized spacial score (nSPS) is 10.2. The predicted molar refractivity (Wildman–Crippen MR) is 66.4 cm³/mol. The third-order valence-corrected chi connectivity index (χ3v) is 2.46. The van der Waals surface area contributed by atoms with Crippen molar-refractivity contribution in [3.05, 3.63) is 24.0 Å². The molecule has 100 valence electrons. The summed E-state index contributed by atoms with van der Waals surface area (Å²) in [6, 6.07) is 4.68. The fraction of sp³-hybridized carbons (Fsp3) is 0.167. The highest BCUT2D eigenvalue weighted by Crippen LogP contribution is 2.32. The Morgan fingerprint density at radius 1 is 1.26 bits per heavy atom. The number of methoxy groups -OCH3 is 2. The number of benzene rings is 1. The highest BCUT2D eigenvalue weighted by Gasteiger charge is 2.21. The van der Waals surface area contributed by atoms with Crippen LogP contribution in [0.4, 0.5) is 6.01 Å². The Labute approximate surface area is 108 Å². The average Bonchev–Trinajstić information content (AvgIpc) is 2.80. The van der Waals surface area contributed by atoms with E-state index in [9.17, 15) is 4.79 Å². The van der Waals surface area contributed by atoms with Gasteiger partial charge in [-0.05, 0) is 12.1 Å². The van der Waals surface area contributed by atoms with Gasteiger partial charge in [0.1, 0.15) is 17.2 Å². The van der Waals surface area contributed by atoms with Crippen molar-refractivity contribution in [2.24, 2.45) is 0 Å². The van der Waals surface area contributed by atoms with E-state index in [1.165, 1.54) is 14.2 Å². The molecule has 2 rings (SSSR count). The molecule has 7 nitrogen and oxygen atoms in total. The molecule has 0 fully saturated rings. The molecule has 1 aromatic carbocycles. The second-order valence-corrected chi connectivity index (χ2v) is 3.64. The molecule has 0 spiro atoms. The number of nitrogens with two attached hydrogens (primary N) is 1. The Bertz CT molecular complexity index is 598. The maximum absolute atomic E-state index is 11.1. The van der Waals surface area contributed by atoms with Crippen LogP contribution in [0.3, 0.4) is 0 Å². The Balaban J connectivity index is 2.60. The minimum Gasteiger partial charge on any atom is -0.497 e. The molecule has 0 bridgehead atoms. The minimum absolute atomic E-state index is 0.127. The molecule has 0 radical (unpaired) electrons. The van der Waals surface area contributed by atoms with Gasteiger partial charge in [-0.25, -0.2) is 4.79 Å². The molecular weight excluding hydrogens is 252 g/mol. The fourth-order valence-corrected chi connectivity index (χ4v) is 1.62. The zero-order valence-electron chi connectivity index (χ0n) is 10.3. The Hall–Kier alpha value is -2.70. The Kier molecular flexibility index (Phi) is 3.28. The zero-order chi connectivity index (χ0) is 14.0. The number of carboxylic acids is 1. The molecule has 1 heterocycles. The van der Waals surface area contributed by atoms with Crippen molar-refractivity contribution in [2.75, 3.05) is 20.0 Å². The van der Waals surface area contributed by atoms with Gasteiger partial charge in [-0.15, -0.1) is 0 Å². The summed E-state index contributed by atoms with van der Waals surface area (Å²) in [4.78, 5) is 14.9. The van der Waals surface area contributed by atoms with Crippen molar-refractivity contribution in [2.45, 2.75) is 0 Å². The van der Waals surface area contributed by atoms with Crippen LogP contribution in [0.25, 0.3) is 11.3 Å². The molecule has 7 heteroatoms. The number of aromatic carboxylic acids is 1. The van der Waals surface area contributed by atoms with Crippen molar-refractivity contribution < 1.29 is 23.8 Å². The van der Waals surface area contributed by atoms with Crippen LogP contribution in [0.15, 0.2) is 22.6 Å². The minimum atomic E-state index is -1.25. The van der Waals surface area contributed by atoms with Crippen LogP contribution in [-0.2, 0) is 0 Å². The summed E-state index contributed by atoms with van der Waals surface area (Å²) >= 11 is 0. The van der Waals surface area contributed by atoms with E-state index in [1.807, 2.05) is 0 Å². The van der Waals surface area contributed by atoms with Crippen molar-refractivity contribution >= 4 is 12.0 Å². The van der Waals surface area contributed by atoms with E-state index in [1.54, 1.807) is 18.2 Å². The summed E-state index contributed by atoms with van der Waals surface area (Å²) in [7, 11) is 2.99. The van der Waals surface area contributed by atoms with Gasteiger partial charge in [-0.2, -0.15) is 4.98 Å². The molecule has 19 heavy (non-hydrogen) atoms. The average molecular weight is 264 g/mol. The number of carboxylic acid groups (broad SMARTS) is 1. The second kappa shape index (κ2) is 4.89. The SMILES string of the molecule is COc1cc(OC)cc(-c2nc(N)oc2C(=O)O)c1. The largest absolute Gasteiger partial charge is 0.497 e. The standard InChI is InChI=1S/C12H12N2O5/c1-17-7-3-6(4-8(5-7)18-2)9-10(11(15)16)19-12(13)14-9/h3-5H,1-2H3,(H2,13,14)(H,15,16). The van der Waals surface area contributed by atoms with Crippen LogP contribution in [0.2, 0.25) is 0 Å². The van der Waals surface area contributed by atoms with Crippen LogP contribution in [0.5, 0.6) is 11.5 Å². The molecule has 0 saturated carbocycles. The molecular formula is C12H12N2O5. The van der Waals surface area contributed by atoms with E-state index < -0.39 is 5.97 Å². The molecule has 3 N–H and O–H groups in total. The summed E-state index contributed by atoms with van der Waals surface area (Å²) in [5, 5.41) is 9.04. The van der Waals surface area contributed by atoms with E-state index in [4.69, 9.17) is 24.7 Å². The number of nitrogens with zero attached hydrogens (tertiary/aromatic N) is 1. The summed E-state index contributed by atoms with van der Waals surface area (Å²) < 4.78 is 15.1. The molecule has 0 aliphatic carbocycles. The lowest BCUT2D eigenvalue weighted by Crippen LogP contribution is -1.97. The van der Waals surface area contributed by atoms with E-state index in [0.717, 1.165) is 0 Å². The molecule has 0 aliphatic rings. The summed E-state index contributed by atoms with van der Waals surface area (Å²) in [5.41, 5.74) is 6.00. The maximum Gasteiger partial charge on any atom is 0.374 e. The monoisotopic (exact) mass is 264 g/mol. The van der Waals surface area contributed by atoms with Gasteiger partial charge in [0.2, 0.25) is 5.76 Å². The predicted octanol–water partition coefficient (Wildman–Crippen LogP) is 1.64. The van der Waals surface area contributed by atoms with Crippen LogP contribution in [-0.4, -0.2) is 30.3 Å². The number of hydrogen-bond donors (Lipinski definition) is 2. The number of anilines is 1. The fourth-order valence-electron chi connectivity index (χ4n) is 1.62. The molecule has 0 saturated heterocycles. The first-order valence-electron chi connectivity index (χ1n) is 5.28. The first-order valence-corrected chi connectivity index (χ1v) is 5.28. The summed E-state index contributed by atoms with van der Waals surface area (Å²) in [6.45, 7) is 0. The zero-order valence-corrected chi connectivity index (χ0v) is 10.3. The van der Waals surface area contributed by atoms with Crippen LogP contribution >= 0.6 is 0 Å². The third-order valence-electron chi connectivity index (χ3n) is 2.46. The van der Waals surface area contributed by atoms with Crippen LogP contribution < -0.4 is 15.2 Å². The van der Waals surface area contributed by atoms with E-state index >= 15 is 0 Å². The number of rotatable bonds is 4. The smallest absolute Gasteiger partial charge is 0.374 e. The molecule has 0 aliphatic heterocycles. The van der Waals surface area contributed by atoms with Crippen molar-refractivity contribution in [1.82, 2.24) is 4.98 Å². The van der Waals surface area contributed by atoms with E-state index in [-0.39, 0.29) is 17.5 Å². The van der Waals surface area contributed by atoms with Crippen molar-refractivity contribution in [3.63, 3.8) is 0 Å².